The predicted octanol–water partition coefficient (Wildman–Crippen LogP) is -6.62. The Morgan fingerprint density at radius 1 is 0.857 bits per heavy atom. The summed E-state index contributed by atoms with van der Waals surface area (Å²) in [5, 5.41) is 0. The summed E-state index contributed by atoms with van der Waals surface area (Å²) >= 11 is 0. The van der Waals surface area contributed by atoms with Crippen LogP contribution >= 0.6 is 0 Å². The molecule has 0 fully saturated rings. The summed E-state index contributed by atoms with van der Waals surface area (Å²) in [5.41, 5.74) is 0. The Hall–Kier alpha value is 1.26. The standard InChI is InChI=1S/H15NSi6/c2-5-1(6-3)7-4/h5-7H2,2-4H3. The highest BCUT2D eigenvalue weighted by atomic mass is 29.2. The van der Waals surface area contributed by atoms with Gasteiger partial charge in [-0.05, 0) is 0 Å². The van der Waals surface area contributed by atoms with E-state index < -0.39 is 0 Å². The molecule has 0 aromatic rings. The number of hydrogen-bond acceptors (Lipinski definition) is 1. The first-order valence-electron chi connectivity index (χ1n) is 3.07. The second-order valence-corrected chi connectivity index (χ2v) is 14.6. The van der Waals surface area contributed by atoms with Crippen LogP contribution in [0.3, 0.4) is 0 Å². The predicted molar refractivity (Wildman–Crippen MR) is 57.3 cm³/mol. The molecule has 0 N–H and O–H groups in total. The highest BCUT2D eigenvalue weighted by molar-refractivity contribution is 7.08. The van der Waals surface area contributed by atoms with Crippen molar-refractivity contribution in [3.05, 3.63) is 0 Å². The molecule has 0 aromatic carbocycles. The summed E-state index contributed by atoms with van der Waals surface area (Å²) in [6.45, 7) is 0. The molecule has 0 radical (unpaired) electrons. The minimum atomic E-state index is 0.493. The molecule has 44 valence electrons. The van der Waals surface area contributed by atoms with Gasteiger partial charge in [-0.2, -0.15) is 0 Å². The lowest BCUT2D eigenvalue weighted by molar-refractivity contribution is 1.15. The van der Waals surface area contributed by atoms with Crippen molar-refractivity contribution >= 4 is 56.9 Å². The van der Waals surface area contributed by atoms with Crippen LogP contribution in [-0.2, 0) is 0 Å². The second kappa shape index (κ2) is 5.40. The van der Waals surface area contributed by atoms with E-state index in [0.29, 0.717) is 27.6 Å². The Kier molecular flexibility index (Phi) is 6.37. The minimum absolute atomic E-state index is 0.493. The molecule has 0 heterocycles. The molecule has 1 nitrogen and oxygen atoms in total. The van der Waals surface area contributed by atoms with Crippen LogP contribution < -0.4 is 0 Å². The fourth-order valence-corrected chi connectivity index (χ4v) is 54.3. The maximum Gasteiger partial charge on any atom is 0.0600 e. The Bertz CT molecular complexity index is 25.7. The van der Waals surface area contributed by atoms with Crippen molar-refractivity contribution in [2.45, 2.75) is 0 Å². The molecule has 0 aliphatic heterocycles. The normalized spacial score (nSPS) is 16.7. The van der Waals surface area contributed by atoms with Crippen molar-refractivity contribution in [3.8, 4) is 0 Å². The van der Waals surface area contributed by atoms with Gasteiger partial charge < -0.3 is 3.90 Å². The summed E-state index contributed by atoms with van der Waals surface area (Å²) in [4.78, 5) is 0. The third-order valence-corrected chi connectivity index (χ3v) is 36.2. The molecule has 7 heavy (non-hydrogen) atoms. The Morgan fingerprint density at radius 2 is 1.14 bits per heavy atom. The first kappa shape index (κ1) is 8.26. The van der Waals surface area contributed by atoms with Gasteiger partial charge in [-0.25, -0.2) is 0 Å². The van der Waals surface area contributed by atoms with Crippen LogP contribution in [0.4, 0.5) is 0 Å². The fraction of sp³-hybridized carbons (Fsp3) is 0. The lowest BCUT2D eigenvalue weighted by atomic mass is 13.8. The SMILES string of the molecule is [SiH3][SiH2]N([SiH2][SiH3])[SiH2][SiH3]. The van der Waals surface area contributed by atoms with Crippen LogP contribution in [-0.4, -0.2) is 60.8 Å². The van der Waals surface area contributed by atoms with E-state index >= 15 is 0 Å². The highest BCUT2D eigenvalue weighted by Crippen LogP contribution is 1.65. The van der Waals surface area contributed by atoms with Gasteiger partial charge in [0.2, 0.25) is 0 Å². The zero-order chi connectivity index (χ0) is 5.70. The number of rotatable bonds is 3. The molecule has 7 heteroatoms. The van der Waals surface area contributed by atoms with Gasteiger partial charge in [0, 0.05) is 29.3 Å². The smallest absolute Gasteiger partial charge is 0.0600 e. The average molecular weight is 198 g/mol. The molecular formula is H15NSi6. The fourth-order valence-electron chi connectivity index (χ4n) is 0.671. The quantitative estimate of drug-likeness (QED) is 0.407. The van der Waals surface area contributed by atoms with Crippen molar-refractivity contribution in [2.24, 2.45) is 0 Å². The molecule has 0 atom stereocenters. The van der Waals surface area contributed by atoms with Crippen molar-refractivity contribution in [1.29, 1.82) is 0 Å². The van der Waals surface area contributed by atoms with Gasteiger partial charge in [0.25, 0.3) is 0 Å². The van der Waals surface area contributed by atoms with E-state index in [-0.39, 0.29) is 0 Å². The molecule has 0 spiro atoms. The van der Waals surface area contributed by atoms with Crippen LogP contribution in [0.2, 0.25) is 0 Å². The van der Waals surface area contributed by atoms with Crippen LogP contribution in [0.15, 0.2) is 0 Å². The van der Waals surface area contributed by atoms with E-state index in [1.807, 2.05) is 0 Å². The third-order valence-electron chi connectivity index (χ3n) is 1.34. The maximum absolute atomic E-state index is 2.98. The first-order valence-corrected chi connectivity index (χ1v) is 21.9. The van der Waals surface area contributed by atoms with E-state index in [0.717, 1.165) is 0 Å². The molecule has 0 unspecified atom stereocenters. The Morgan fingerprint density at radius 3 is 1.14 bits per heavy atom. The molecule has 0 aromatic heterocycles. The third kappa shape index (κ3) is 3.81. The monoisotopic (exact) mass is 197 g/mol. The van der Waals surface area contributed by atoms with Crippen LogP contribution in [0.5, 0.6) is 0 Å². The molecule has 0 rings (SSSR count). The highest BCUT2D eigenvalue weighted by Gasteiger charge is 1.90. The van der Waals surface area contributed by atoms with E-state index in [9.17, 15) is 0 Å². The maximum atomic E-state index is 2.98. The first-order chi connectivity index (χ1) is 3.35. The van der Waals surface area contributed by atoms with Crippen LogP contribution in [0, 0.1) is 0 Å². The van der Waals surface area contributed by atoms with Gasteiger partial charge in [-0.1, -0.05) is 0 Å². The van der Waals surface area contributed by atoms with Gasteiger partial charge in [-0.3, -0.25) is 0 Å². The minimum Gasteiger partial charge on any atom is -0.390 e. The summed E-state index contributed by atoms with van der Waals surface area (Å²) in [6, 6.07) is 0. The van der Waals surface area contributed by atoms with E-state index in [4.69, 9.17) is 0 Å². The molecule has 0 saturated heterocycles. The molecule has 0 amide bonds. The topological polar surface area (TPSA) is 3.24 Å². The average Bonchev–Trinajstić information content (AvgIpc) is 1.72. The lowest BCUT2D eigenvalue weighted by Crippen LogP contribution is -2.36. The summed E-state index contributed by atoms with van der Waals surface area (Å²) in [5.74, 6) is 0. The number of nitrogens with zero attached hydrogens (tertiary/aromatic N) is 1. The Balaban J connectivity index is 2.99. The zero-order valence-electron chi connectivity index (χ0n) is 5.57. The van der Waals surface area contributed by atoms with Crippen molar-refractivity contribution in [2.75, 3.05) is 0 Å². The largest absolute Gasteiger partial charge is 0.390 e. The number of hydrogen-bond donors (Lipinski definition) is 0. The second-order valence-electron chi connectivity index (χ2n) is 1.62. The van der Waals surface area contributed by atoms with Crippen molar-refractivity contribution in [3.63, 3.8) is 0 Å². The van der Waals surface area contributed by atoms with Crippen LogP contribution in [0.1, 0.15) is 0 Å². The molecule has 0 saturated carbocycles. The van der Waals surface area contributed by atoms with Gasteiger partial charge in [-0.15, -0.1) is 0 Å². The van der Waals surface area contributed by atoms with Crippen molar-refractivity contribution < 1.29 is 0 Å². The van der Waals surface area contributed by atoms with Gasteiger partial charge in [0.1, 0.15) is 0 Å². The van der Waals surface area contributed by atoms with E-state index in [2.05, 4.69) is 3.90 Å². The molecule has 0 bridgehead atoms. The van der Waals surface area contributed by atoms with Gasteiger partial charge >= 0.3 is 0 Å². The Labute approximate surface area is 61.0 Å². The molecular weight excluding hydrogens is 183 g/mol. The summed E-state index contributed by atoms with van der Waals surface area (Å²) < 4.78 is 2.98. The molecule has 0 aliphatic carbocycles. The van der Waals surface area contributed by atoms with Crippen molar-refractivity contribution in [1.82, 2.24) is 3.90 Å². The molecule has 0 aliphatic rings. The van der Waals surface area contributed by atoms with Gasteiger partial charge in [0.15, 0.2) is 0 Å². The summed E-state index contributed by atoms with van der Waals surface area (Å²) in [6.07, 6.45) is 0. The van der Waals surface area contributed by atoms with Crippen LogP contribution in [0.25, 0.3) is 0 Å². The zero-order valence-corrected chi connectivity index (χ0v) is 15.8. The van der Waals surface area contributed by atoms with Gasteiger partial charge in [0.05, 0.1) is 27.6 Å². The van der Waals surface area contributed by atoms with E-state index in [1.165, 1.54) is 0 Å². The lowest BCUT2D eigenvalue weighted by Gasteiger charge is -2.13. The van der Waals surface area contributed by atoms with E-state index in [1.54, 1.807) is 29.3 Å². The summed E-state index contributed by atoms with van der Waals surface area (Å²) in [7, 11) is 6.19.